The molecule has 0 saturated heterocycles. The molecule has 1 N–H and O–H groups in total. The average molecular weight is 302 g/mol. The Balaban J connectivity index is 0.000000140. The van der Waals surface area contributed by atoms with Crippen LogP contribution in [0.25, 0.3) is 21.8 Å². The van der Waals surface area contributed by atoms with E-state index in [2.05, 4.69) is 22.1 Å². The van der Waals surface area contributed by atoms with Gasteiger partial charge in [0, 0.05) is 23.2 Å². The molecule has 4 heteroatoms. The van der Waals surface area contributed by atoms with E-state index in [9.17, 15) is 4.79 Å². The first-order valence-electron chi connectivity index (χ1n) is 7.12. The molecule has 4 nitrogen and oxygen atoms in total. The second-order valence-electron chi connectivity index (χ2n) is 4.91. The van der Waals surface area contributed by atoms with E-state index in [0.29, 0.717) is 5.56 Å². The molecule has 0 unspecified atom stereocenters. The van der Waals surface area contributed by atoms with Crippen molar-refractivity contribution in [2.24, 2.45) is 0 Å². The predicted molar refractivity (Wildman–Crippen MR) is 90.4 cm³/mol. The number of nitrogens with zero attached hydrogens (tertiary/aromatic N) is 2. The van der Waals surface area contributed by atoms with Crippen LogP contribution in [0, 0.1) is 0 Å². The van der Waals surface area contributed by atoms with Crippen molar-refractivity contribution in [3.8, 4) is 0 Å². The van der Waals surface area contributed by atoms with E-state index >= 15 is 0 Å². The quantitative estimate of drug-likeness (QED) is 0.573. The van der Waals surface area contributed by atoms with Gasteiger partial charge in [-0.1, -0.05) is 30.3 Å². The Morgan fingerprint density at radius 1 is 0.739 bits per heavy atom. The Bertz CT molecular complexity index is 902. The maximum absolute atomic E-state index is 10.6. The molecule has 0 aliphatic rings. The maximum atomic E-state index is 10.6. The molecule has 0 radical (unpaired) electrons. The first-order valence-corrected chi connectivity index (χ1v) is 7.12. The topological polar surface area (TPSA) is 63.1 Å². The number of hydrogen-bond donors (Lipinski definition) is 1. The largest absolute Gasteiger partial charge is 0.478 e. The summed E-state index contributed by atoms with van der Waals surface area (Å²) in [5, 5.41) is 10.8. The van der Waals surface area contributed by atoms with Gasteiger partial charge in [-0.25, -0.2) is 4.79 Å². The van der Waals surface area contributed by atoms with Crippen LogP contribution >= 0.6 is 0 Å². The highest BCUT2D eigenvalue weighted by Crippen LogP contribution is 2.12. The van der Waals surface area contributed by atoms with Crippen LogP contribution in [-0.4, -0.2) is 21.0 Å². The van der Waals surface area contributed by atoms with Crippen LogP contribution in [-0.2, 0) is 0 Å². The minimum atomic E-state index is -0.911. The number of aromatic nitrogens is 2. The lowest BCUT2D eigenvalue weighted by Gasteiger charge is -1.97. The van der Waals surface area contributed by atoms with Gasteiger partial charge in [0.15, 0.2) is 0 Å². The van der Waals surface area contributed by atoms with E-state index in [0.717, 1.165) is 16.4 Å². The molecule has 0 spiro atoms. The van der Waals surface area contributed by atoms with Crippen LogP contribution < -0.4 is 0 Å². The van der Waals surface area contributed by atoms with Crippen molar-refractivity contribution < 1.29 is 9.90 Å². The van der Waals surface area contributed by atoms with Crippen LogP contribution in [0.1, 0.15) is 10.4 Å². The number of benzene rings is 2. The SMILES string of the molecule is O=C(O)c1ccc2ncccc2c1.c1ccc2ncccc2c1. The molecule has 112 valence electrons. The highest BCUT2D eigenvalue weighted by atomic mass is 16.4. The Morgan fingerprint density at radius 3 is 2.04 bits per heavy atom. The van der Waals surface area contributed by atoms with Crippen molar-refractivity contribution in [1.82, 2.24) is 9.97 Å². The highest BCUT2D eigenvalue weighted by molar-refractivity contribution is 5.93. The molecular formula is C19H14N2O2. The smallest absolute Gasteiger partial charge is 0.335 e. The van der Waals surface area contributed by atoms with Gasteiger partial charge in [0.25, 0.3) is 0 Å². The van der Waals surface area contributed by atoms with Crippen molar-refractivity contribution in [3.63, 3.8) is 0 Å². The van der Waals surface area contributed by atoms with E-state index in [4.69, 9.17) is 5.11 Å². The molecule has 2 aromatic heterocycles. The zero-order valence-electron chi connectivity index (χ0n) is 12.3. The van der Waals surface area contributed by atoms with Crippen LogP contribution in [0.15, 0.2) is 79.1 Å². The summed E-state index contributed by atoms with van der Waals surface area (Å²) in [5.74, 6) is -0.911. The lowest BCUT2D eigenvalue weighted by Crippen LogP contribution is -1.95. The molecule has 23 heavy (non-hydrogen) atoms. The lowest BCUT2D eigenvalue weighted by atomic mass is 10.1. The number of para-hydroxylation sites is 1. The third-order valence-corrected chi connectivity index (χ3v) is 3.36. The summed E-state index contributed by atoms with van der Waals surface area (Å²) < 4.78 is 0. The standard InChI is InChI=1S/C10H7NO2.C9H7N/c12-10(13)8-3-4-9-7(6-8)2-1-5-11-9;1-2-6-9-8(4-1)5-3-7-10-9/h1-6H,(H,12,13);1-7H. The van der Waals surface area contributed by atoms with Gasteiger partial charge in [0.2, 0.25) is 0 Å². The fourth-order valence-corrected chi connectivity index (χ4v) is 2.22. The fourth-order valence-electron chi connectivity index (χ4n) is 2.22. The zero-order chi connectivity index (χ0) is 16.1. The van der Waals surface area contributed by atoms with Crippen molar-refractivity contribution in [2.45, 2.75) is 0 Å². The highest BCUT2D eigenvalue weighted by Gasteiger charge is 2.02. The zero-order valence-corrected chi connectivity index (χ0v) is 12.3. The van der Waals surface area contributed by atoms with E-state index in [1.807, 2.05) is 36.5 Å². The monoisotopic (exact) mass is 302 g/mol. The molecule has 0 aliphatic carbocycles. The Morgan fingerprint density at radius 2 is 1.35 bits per heavy atom. The summed E-state index contributed by atoms with van der Waals surface area (Å²) in [5.41, 5.74) is 2.16. The van der Waals surface area contributed by atoms with Crippen molar-refractivity contribution in [2.75, 3.05) is 0 Å². The number of carboxylic acids is 1. The van der Waals surface area contributed by atoms with Gasteiger partial charge in [-0.15, -0.1) is 0 Å². The Labute approximate surface area is 133 Å². The number of carboxylic acid groups (broad SMARTS) is 1. The molecular weight excluding hydrogens is 288 g/mol. The molecule has 2 aromatic carbocycles. The second-order valence-corrected chi connectivity index (χ2v) is 4.91. The van der Waals surface area contributed by atoms with Gasteiger partial charge in [0.05, 0.1) is 16.6 Å². The maximum Gasteiger partial charge on any atom is 0.335 e. The number of rotatable bonds is 1. The molecule has 0 saturated carbocycles. The van der Waals surface area contributed by atoms with E-state index < -0.39 is 5.97 Å². The van der Waals surface area contributed by atoms with Crippen molar-refractivity contribution >= 4 is 27.8 Å². The second kappa shape index (κ2) is 6.66. The minimum Gasteiger partial charge on any atom is -0.478 e. The predicted octanol–water partition coefficient (Wildman–Crippen LogP) is 4.17. The summed E-state index contributed by atoms with van der Waals surface area (Å²) >= 11 is 0. The number of pyridine rings is 2. The number of aromatic carboxylic acids is 1. The lowest BCUT2D eigenvalue weighted by molar-refractivity contribution is 0.0697. The molecule has 4 aromatic rings. The summed E-state index contributed by atoms with van der Waals surface area (Å²) in [7, 11) is 0. The van der Waals surface area contributed by atoms with E-state index in [1.54, 1.807) is 30.5 Å². The first-order chi connectivity index (χ1) is 11.2. The molecule has 2 heterocycles. The van der Waals surface area contributed by atoms with Crippen LogP contribution in [0.4, 0.5) is 0 Å². The average Bonchev–Trinajstić information content (AvgIpc) is 2.62. The third kappa shape index (κ3) is 3.49. The van der Waals surface area contributed by atoms with Gasteiger partial charge >= 0.3 is 5.97 Å². The van der Waals surface area contributed by atoms with Crippen LogP contribution in [0.2, 0.25) is 0 Å². The summed E-state index contributed by atoms with van der Waals surface area (Å²) in [6, 6.07) is 20.6. The Hall–Kier alpha value is -3.27. The molecule has 0 bridgehead atoms. The van der Waals surface area contributed by atoms with E-state index in [1.165, 1.54) is 5.39 Å². The normalized spacial score (nSPS) is 10.1. The van der Waals surface area contributed by atoms with Crippen LogP contribution in [0.3, 0.4) is 0 Å². The Kier molecular flexibility index (Phi) is 4.25. The molecule has 0 fully saturated rings. The molecule has 0 aliphatic heterocycles. The van der Waals surface area contributed by atoms with Gasteiger partial charge in [-0.3, -0.25) is 9.97 Å². The summed E-state index contributed by atoms with van der Waals surface area (Å²) in [6.07, 6.45) is 3.49. The molecule has 4 rings (SSSR count). The summed E-state index contributed by atoms with van der Waals surface area (Å²) in [6.45, 7) is 0. The van der Waals surface area contributed by atoms with Crippen molar-refractivity contribution in [1.29, 1.82) is 0 Å². The number of fused-ring (bicyclic) bond motifs is 2. The van der Waals surface area contributed by atoms with E-state index in [-0.39, 0.29) is 0 Å². The van der Waals surface area contributed by atoms with Crippen molar-refractivity contribution in [3.05, 3.63) is 84.7 Å². The first kappa shape index (κ1) is 14.7. The van der Waals surface area contributed by atoms with Crippen LogP contribution in [0.5, 0.6) is 0 Å². The molecule has 0 amide bonds. The van der Waals surface area contributed by atoms with Gasteiger partial charge in [-0.2, -0.15) is 0 Å². The van der Waals surface area contributed by atoms with Gasteiger partial charge in [0.1, 0.15) is 0 Å². The third-order valence-electron chi connectivity index (χ3n) is 3.36. The minimum absolute atomic E-state index is 0.292. The fraction of sp³-hybridized carbons (Fsp3) is 0. The number of carbonyl (C=O) groups is 1. The summed E-state index contributed by atoms with van der Waals surface area (Å²) in [4.78, 5) is 18.9. The number of hydrogen-bond acceptors (Lipinski definition) is 3. The molecule has 0 atom stereocenters. The van der Waals surface area contributed by atoms with Gasteiger partial charge < -0.3 is 5.11 Å². The van der Waals surface area contributed by atoms with Gasteiger partial charge in [-0.05, 0) is 36.4 Å².